The van der Waals surface area contributed by atoms with E-state index in [-0.39, 0.29) is 0 Å². The standard InChI is InChI=1S/C11H11FN2O2S/c1-17(15,16)10-9(11(10,14)6-13)7-2-4-8(12)5-3-7/h2-5,9-10H,14H2,1H3. The van der Waals surface area contributed by atoms with Crippen LogP contribution >= 0.6 is 0 Å². The highest BCUT2D eigenvalue weighted by Crippen LogP contribution is 2.53. The summed E-state index contributed by atoms with van der Waals surface area (Å²) in [6.07, 6.45) is 1.06. The molecule has 1 aliphatic rings. The first-order valence-electron chi connectivity index (χ1n) is 4.95. The zero-order valence-electron chi connectivity index (χ0n) is 9.09. The average Bonchev–Trinajstić information content (AvgIpc) is 2.87. The van der Waals surface area contributed by atoms with Crippen molar-refractivity contribution in [3.8, 4) is 6.07 Å². The Hall–Kier alpha value is -1.45. The Morgan fingerprint density at radius 1 is 1.41 bits per heavy atom. The molecule has 1 fully saturated rings. The monoisotopic (exact) mass is 254 g/mol. The topological polar surface area (TPSA) is 83.9 Å². The van der Waals surface area contributed by atoms with E-state index in [4.69, 9.17) is 11.0 Å². The van der Waals surface area contributed by atoms with Crippen molar-refractivity contribution in [3.05, 3.63) is 35.6 Å². The van der Waals surface area contributed by atoms with Gasteiger partial charge in [-0.3, -0.25) is 0 Å². The molecule has 0 amide bonds. The van der Waals surface area contributed by atoms with Gasteiger partial charge in [-0.15, -0.1) is 0 Å². The lowest BCUT2D eigenvalue weighted by molar-refractivity contribution is 0.597. The molecule has 1 saturated carbocycles. The Bertz CT molecular complexity index is 591. The summed E-state index contributed by atoms with van der Waals surface area (Å²) >= 11 is 0. The molecule has 1 aromatic carbocycles. The molecular formula is C11H11FN2O2S. The van der Waals surface area contributed by atoms with Crippen LogP contribution in [0.15, 0.2) is 24.3 Å². The van der Waals surface area contributed by atoms with Crippen LogP contribution in [0.4, 0.5) is 4.39 Å². The molecule has 0 saturated heterocycles. The third kappa shape index (κ3) is 1.81. The van der Waals surface area contributed by atoms with E-state index in [1.807, 2.05) is 6.07 Å². The Balaban J connectivity index is 2.42. The molecule has 3 atom stereocenters. The minimum absolute atomic E-state index is 0.412. The Labute approximate surface area is 98.8 Å². The van der Waals surface area contributed by atoms with Crippen LogP contribution in [0.25, 0.3) is 0 Å². The van der Waals surface area contributed by atoms with Crippen LogP contribution in [0.5, 0.6) is 0 Å². The summed E-state index contributed by atoms with van der Waals surface area (Å²) in [6, 6.07) is 7.22. The van der Waals surface area contributed by atoms with E-state index in [1.165, 1.54) is 24.3 Å². The van der Waals surface area contributed by atoms with Gasteiger partial charge in [0.05, 0.1) is 6.07 Å². The molecule has 90 valence electrons. The minimum atomic E-state index is -3.40. The molecule has 1 aromatic rings. The van der Waals surface area contributed by atoms with Gasteiger partial charge < -0.3 is 5.73 Å². The van der Waals surface area contributed by atoms with Gasteiger partial charge in [0.2, 0.25) is 0 Å². The van der Waals surface area contributed by atoms with Crippen molar-refractivity contribution >= 4 is 9.84 Å². The van der Waals surface area contributed by atoms with Crippen LogP contribution in [-0.4, -0.2) is 25.5 Å². The Morgan fingerprint density at radius 2 is 1.94 bits per heavy atom. The highest BCUT2D eigenvalue weighted by Gasteiger charge is 2.69. The molecule has 3 unspecified atom stereocenters. The van der Waals surface area contributed by atoms with Crippen molar-refractivity contribution in [2.45, 2.75) is 16.7 Å². The zero-order chi connectivity index (χ0) is 12.8. The number of hydrogen-bond acceptors (Lipinski definition) is 4. The van der Waals surface area contributed by atoms with Crippen molar-refractivity contribution in [3.63, 3.8) is 0 Å². The third-order valence-corrected chi connectivity index (χ3v) is 4.65. The quantitative estimate of drug-likeness (QED) is 0.835. The molecule has 0 heterocycles. The molecule has 6 heteroatoms. The van der Waals surface area contributed by atoms with Crippen LogP contribution in [0.2, 0.25) is 0 Å². The number of hydrogen-bond donors (Lipinski definition) is 1. The van der Waals surface area contributed by atoms with E-state index in [9.17, 15) is 12.8 Å². The molecule has 2 rings (SSSR count). The van der Waals surface area contributed by atoms with E-state index in [0.29, 0.717) is 5.56 Å². The fraction of sp³-hybridized carbons (Fsp3) is 0.364. The lowest BCUT2D eigenvalue weighted by atomic mass is 10.1. The maximum Gasteiger partial charge on any atom is 0.153 e. The molecule has 0 spiro atoms. The van der Waals surface area contributed by atoms with Gasteiger partial charge in [0.1, 0.15) is 16.6 Å². The number of sulfone groups is 1. The van der Waals surface area contributed by atoms with Crippen molar-refractivity contribution in [2.24, 2.45) is 5.73 Å². The molecule has 0 aromatic heterocycles. The number of nitriles is 1. The number of nitrogens with zero attached hydrogens (tertiary/aromatic N) is 1. The third-order valence-electron chi connectivity index (χ3n) is 3.06. The molecular weight excluding hydrogens is 243 g/mol. The summed E-state index contributed by atoms with van der Waals surface area (Å²) in [5.74, 6) is -0.993. The smallest absolute Gasteiger partial charge is 0.153 e. The summed E-state index contributed by atoms with van der Waals surface area (Å²) in [6.45, 7) is 0. The Kier molecular flexibility index (Phi) is 2.49. The molecule has 0 bridgehead atoms. The zero-order valence-corrected chi connectivity index (χ0v) is 9.91. The van der Waals surface area contributed by atoms with Crippen molar-refractivity contribution in [1.29, 1.82) is 5.26 Å². The van der Waals surface area contributed by atoms with Crippen molar-refractivity contribution in [1.82, 2.24) is 0 Å². The van der Waals surface area contributed by atoms with E-state index in [0.717, 1.165) is 6.26 Å². The van der Waals surface area contributed by atoms with E-state index >= 15 is 0 Å². The maximum absolute atomic E-state index is 12.8. The van der Waals surface area contributed by atoms with Gasteiger partial charge in [0.15, 0.2) is 9.84 Å². The predicted octanol–water partition coefficient (Wildman–Crippen LogP) is 0.557. The van der Waals surface area contributed by atoms with Crippen LogP contribution in [0, 0.1) is 17.1 Å². The molecule has 2 N–H and O–H groups in total. The van der Waals surface area contributed by atoms with Gasteiger partial charge >= 0.3 is 0 Å². The lowest BCUT2D eigenvalue weighted by Gasteiger charge is -2.00. The number of rotatable bonds is 2. The van der Waals surface area contributed by atoms with Gasteiger partial charge in [-0.1, -0.05) is 12.1 Å². The van der Waals surface area contributed by atoms with Crippen molar-refractivity contribution in [2.75, 3.05) is 6.26 Å². The summed E-state index contributed by atoms with van der Waals surface area (Å²) < 4.78 is 35.8. The molecule has 0 radical (unpaired) electrons. The number of benzene rings is 1. The van der Waals surface area contributed by atoms with Crippen molar-refractivity contribution < 1.29 is 12.8 Å². The van der Waals surface area contributed by atoms with E-state index in [1.54, 1.807) is 0 Å². The predicted molar refractivity (Wildman–Crippen MR) is 60.3 cm³/mol. The fourth-order valence-electron chi connectivity index (χ4n) is 2.23. The van der Waals surface area contributed by atoms with E-state index in [2.05, 4.69) is 0 Å². The second-order valence-corrected chi connectivity index (χ2v) is 6.49. The summed E-state index contributed by atoms with van der Waals surface area (Å²) in [5.41, 5.74) is 4.93. The summed E-state index contributed by atoms with van der Waals surface area (Å²) in [7, 11) is -3.40. The highest BCUT2D eigenvalue weighted by molar-refractivity contribution is 7.91. The van der Waals surface area contributed by atoms with Gasteiger partial charge in [-0.2, -0.15) is 5.26 Å². The summed E-state index contributed by atoms with van der Waals surface area (Å²) in [5, 5.41) is 8.06. The lowest BCUT2D eigenvalue weighted by Crippen LogP contribution is -2.28. The van der Waals surface area contributed by atoms with Gasteiger partial charge in [0, 0.05) is 12.2 Å². The second kappa shape index (κ2) is 3.52. The maximum atomic E-state index is 12.8. The largest absolute Gasteiger partial charge is 0.312 e. The van der Waals surface area contributed by atoms with E-state index < -0.39 is 32.4 Å². The fourth-order valence-corrected chi connectivity index (χ4v) is 3.94. The highest BCUT2D eigenvalue weighted by atomic mass is 32.2. The summed E-state index contributed by atoms with van der Waals surface area (Å²) in [4.78, 5) is 0. The number of halogens is 1. The normalized spacial score (nSPS) is 31.9. The van der Waals surface area contributed by atoms with Gasteiger partial charge in [-0.25, -0.2) is 12.8 Å². The molecule has 17 heavy (non-hydrogen) atoms. The SMILES string of the molecule is CS(=O)(=O)C1C(c2ccc(F)cc2)C1(N)C#N. The average molecular weight is 254 g/mol. The van der Waals surface area contributed by atoms with Crippen LogP contribution in [0.3, 0.4) is 0 Å². The van der Waals surface area contributed by atoms with Crippen LogP contribution < -0.4 is 5.73 Å². The molecule has 4 nitrogen and oxygen atoms in total. The first kappa shape index (κ1) is 12.0. The molecule has 0 aliphatic heterocycles. The van der Waals surface area contributed by atoms with Gasteiger partial charge in [0.25, 0.3) is 0 Å². The Morgan fingerprint density at radius 3 is 2.29 bits per heavy atom. The van der Waals surface area contributed by atoms with Gasteiger partial charge in [-0.05, 0) is 17.7 Å². The minimum Gasteiger partial charge on any atom is -0.312 e. The molecule has 1 aliphatic carbocycles. The first-order chi connectivity index (χ1) is 7.80. The second-order valence-electron chi connectivity index (χ2n) is 4.32. The van der Waals surface area contributed by atoms with Crippen LogP contribution in [0.1, 0.15) is 11.5 Å². The number of nitrogens with two attached hydrogens (primary N) is 1. The van der Waals surface area contributed by atoms with Crippen LogP contribution in [-0.2, 0) is 9.84 Å². The first-order valence-corrected chi connectivity index (χ1v) is 6.90.